The largest absolute Gasteiger partial charge is 0.352 e. The van der Waals surface area contributed by atoms with Gasteiger partial charge in [0.1, 0.15) is 11.6 Å². The molecule has 0 bridgehead atoms. The summed E-state index contributed by atoms with van der Waals surface area (Å²) in [7, 11) is 1.99. The van der Waals surface area contributed by atoms with Gasteiger partial charge in [0, 0.05) is 45.3 Å². The molecule has 0 saturated carbocycles. The summed E-state index contributed by atoms with van der Waals surface area (Å²) in [6.45, 7) is 2.87. The number of H-pyrrole nitrogens is 1. The summed E-state index contributed by atoms with van der Waals surface area (Å²) in [5.74, 6) is 1.74. The summed E-state index contributed by atoms with van der Waals surface area (Å²) >= 11 is 0. The van der Waals surface area contributed by atoms with Crippen LogP contribution in [0.2, 0.25) is 0 Å². The number of amides is 1. The van der Waals surface area contributed by atoms with Crippen molar-refractivity contribution >= 4 is 27.7 Å². The van der Waals surface area contributed by atoms with Gasteiger partial charge < -0.3 is 20.6 Å². The van der Waals surface area contributed by atoms with Crippen molar-refractivity contribution in [1.29, 1.82) is 0 Å². The summed E-state index contributed by atoms with van der Waals surface area (Å²) in [6.07, 6.45) is 2.29. The fraction of sp³-hybridized carbons (Fsp3) is 0.276. The van der Waals surface area contributed by atoms with E-state index < -0.39 is 0 Å². The Bertz CT molecular complexity index is 1590. The van der Waals surface area contributed by atoms with Crippen LogP contribution in [0.1, 0.15) is 39.0 Å². The van der Waals surface area contributed by atoms with Crippen molar-refractivity contribution in [2.75, 3.05) is 19.8 Å². The van der Waals surface area contributed by atoms with Gasteiger partial charge in [-0.1, -0.05) is 42.5 Å². The Morgan fingerprint density at radius 3 is 2.86 bits per heavy atom. The highest BCUT2D eigenvalue weighted by Crippen LogP contribution is 2.22. The molecule has 37 heavy (non-hydrogen) atoms. The average Bonchev–Trinajstić information content (AvgIpc) is 3.47. The van der Waals surface area contributed by atoms with Gasteiger partial charge in [0.25, 0.3) is 5.91 Å². The minimum Gasteiger partial charge on any atom is -0.352 e. The van der Waals surface area contributed by atoms with E-state index in [0.717, 1.165) is 60.0 Å². The van der Waals surface area contributed by atoms with Crippen molar-refractivity contribution in [2.24, 2.45) is 12.8 Å². The summed E-state index contributed by atoms with van der Waals surface area (Å²) in [5, 5.41) is 5.53. The molecule has 1 amide bonds. The van der Waals surface area contributed by atoms with Gasteiger partial charge in [0.05, 0.1) is 28.8 Å². The predicted octanol–water partition coefficient (Wildman–Crippen LogP) is 3.29. The van der Waals surface area contributed by atoms with Gasteiger partial charge in [-0.05, 0) is 41.0 Å². The van der Waals surface area contributed by atoms with Crippen molar-refractivity contribution in [3.63, 3.8) is 0 Å². The Morgan fingerprint density at radius 1 is 1.11 bits per heavy atom. The van der Waals surface area contributed by atoms with E-state index in [-0.39, 0.29) is 5.91 Å². The number of hydrogen-bond donors (Lipinski definition) is 3. The molecule has 4 N–H and O–H groups in total. The monoisotopic (exact) mass is 493 g/mol. The Hall–Kier alpha value is -4.01. The third-order valence-corrected chi connectivity index (χ3v) is 7.34. The second-order valence-electron chi connectivity index (χ2n) is 9.71. The van der Waals surface area contributed by atoms with Crippen LogP contribution in [-0.4, -0.2) is 50.1 Å². The van der Waals surface area contributed by atoms with E-state index in [1.54, 1.807) is 0 Å². The minimum atomic E-state index is -0.0759. The Kier molecular flexibility index (Phi) is 6.20. The van der Waals surface area contributed by atoms with E-state index >= 15 is 0 Å². The molecule has 0 atom stereocenters. The summed E-state index contributed by atoms with van der Waals surface area (Å²) < 4.78 is 2.05. The number of benzene rings is 3. The highest BCUT2D eigenvalue weighted by Gasteiger charge is 2.20. The fourth-order valence-electron chi connectivity index (χ4n) is 5.26. The van der Waals surface area contributed by atoms with Gasteiger partial charge >= 0.3 is 0 Å². The molecule has 0 unspecified atom stereocenters. The quantitative estimate of drug-likeness (QED) is 0.323. The second kappa shape index (κ2) is 9.80. The first kappa shape index (κ1) is 23.4. The first-order chi connectivity index (χ1) is 18.1. The molecule has 6 rings (SSSR count). The first-order valence-corrected chi connectivity index (χ1v) is 12.8. The lowest BCUT2D eigenvalue weighted by Gasteiger charge is -2.23. The van der Waals surface area contributed by atoms with E-state index in [9.17, 15) is 4.79 Å². The number of carbonyl (C=O) groups excluding carboxylic acids is 1. The highest BCUT2D eigenvalue weighted by atomic mass is 16.1. The Balaban J connectivity index is 1.14. The van der Waals surface area contributed by atoms with E-state index in [1.807, 2.05) is 31.3 Å². The average molecular weight is 494 g/mol. The number of fused-ring (bicyclic) bond motifs is 3. The number of nitrogens with two attached hydrogens (primary N) is 1. The van der Waals surface area contributed by atoms with Gasteiger partial charge in [-0.2, -0.15) is 0 Å². The smallest absolute Gasteiger partial charge is 0.251 e. The molecule has 0 aliphatic carbocycles. The normalized spacial score (nSPS) is 13.8. The predicted molar refractivity (Wildman–Crippen MR) is 145 cm³/mol. The number of aryl methyl sites for hydroxylation is 1. The second-order valence-corrected chi connectivity index (χ2v) is 9.71. The standard InChI is InChI=1S/C29H31N7O/c1-35-26-15-21(29(37)31-13-11-20-7-4-6-19-5-2-3-8-22(19)20)9-10-24(26)34-28(35)16-27-32-23-12-14-36(18-30)17-25(23)33-27/h2-10,15H,11-14,16-18,30H2,1H3,(H,31,37)(H,32,33). The molecule has 2 aromatic heterocycles. The molecular formula is C29H31N7O. The van der Waals surface area contributed by atoms with Gasteiger partial charge in [-0.25, -0.2) is 9.97 Å². The van der Waals surface area contributed by atoms with Crippen molar-refractivity contribution < 1.29 is 4.79 Å². The van der Waals surface area contributed by atoms with Gasteiger partial charge in [-0.3, -0.25) is 9.69 Å². The number of aromatic nitrogens is 4. The van der Waals surface area contributed by atoms with Crippen LogP contribution in [0.4, 0.5) is 0 Å². The fourth-order valence-corrected chi connectivity index (χ4v) is 5.26. The van der Waals surface area contributed by atoms with Crippen LogP contribution in [-0.2, 0) is 32.9 Å². The molecular weight excluding hydrogens is 462 g/mol. The highest BCUT2D eigenvalue weighted by molar-refractivity contribution is 5.97. The molecule has 3 heterocycles. The molecule has 3 aromatic carbocycles. The van der Waals surface area contributed by atoms with Crippen molar-refractivity contribution in [1.82, 2.24) is 29.7 Å². The number of imidazole rings is 2. The maximum absolute atomic E-state index is 12.9. The number of rotatable bonds is 7. The molecule has 8 heteroatoms. The molecule has 0 radical (unpaired) electrons. The van der Waals surface area contributed by atoms with Gasteiger partial charge in [0.2, 0.25) is 0 Å². The zero-order chi connectivity index (χ0) is 25.4. The van der Waals surface area contributed by atoms with Crippen LogP contribution in [0.3, 0.4) is 0 Å². The lowest BCUT2D eigenvalue weighted by Crippen LogP contribution is -2.35. The number of nitrogens with one attached hydrogen (secondary N) is 2. The van der Waals surface area contributed by atoms with Crippen LogP contribution in [0.15, 0.2) is 60.7 Å². The topological polar surface area (TPSA) is 105 Å². The maximum Gasteiger partial charge on any atom is 0.251 e. The lowest BCUT2D eigenvalue weighted by atomic mass is 10.0. The molecule has 0 fully saturated rings. The molecule has 8 nitrogen and oxygen atoms in total. The van der Waals surface area contributed by atoms with Crippen molar-refractivity contribution in [2.45, 2.75) is 25.8 Å². The van der Waals surface area contributed by atoms with E-state index in [2.05, 4.69) is 56.2 Å². The lowest BCUT2D eigenvalue weighted by molar-refractivity contribution is 0.0954. The summed E-state index contributed by atoms with van der Waals surface area (Å²) in [4.78, 5) is 28.2. The molecule has 0 saturated heterocycles. The third kappa shape index (κ3) is 4.61. The maximum atomic E-state index is 12.9. The Labute approximate surface area is 215 Å². The van der Waals surface area contributed by atoms with Crippen LogP contribution in [0.5, 0.6) is 0 Å². The van der Waals surface area contributed by atoms with Crippen LogP contribution >= 0.6 is 0 Å². The molecule has 5 aromatic rings. The molecule has 1 aliphatic heterocycles. The van der Waals surface area contributed by atoms with Gasteiger partial charge in [0.15, 0.2) is 0 Å². The number of hydrogen-bond acceptors (Lipinski definition) is 5. The van der Waals surface area contributed by atoms with Crippen molar-refractivity contribution in [3.8, 4) is 0 Å². The Morgan fingerprint density at radius 2 is 1.97 bits per heavy atom. The SMILES string of the molecule is Cn1c(Cc2nc3c([nH]2)CN(CN)CC3)nc2ccc(C(=O)NCCc3cccc4ccccc34)cc21. The van der Waals surface area contributed by atoms with Crippen LogP contribution in [0.25, 0.3) is 21.8 Å². The minimum absolute atomic E-state index is 0.0759. The van der Waals surface area contributed by atoms with E-state index in [0.29, 0.717) is 25.2 Å². The summed E-state index contributed by atoms with van der Waals surface area (Å²) in [5.41, 5.74) is 11.8. The van der Waals surface area contributed by atoms with Crippen LogP contribution < -0.4 is 11.1 Å². The zero-order valence-corrected chi connectivity index (χ0v) is 21.0. The van der Waals surface area contributed by atoms with E-state index in [4.69, 9.17) is 15.7 Å². The molecule has 188 valence electrons. The number of carbonyl (C=O) groups is 1. The van der Waals surface area contributed by atoms with Crippen LogP contribution in [0, 0.1) is 0 Å². The molecule has 0 spiro atoms. The van der Waals surface area contributed by atoms with Gasteiger partial charge in [-0.15, -0.1) is 0 Å². The number of aromatic amines is 1. The first-order valence-electron chi connectivity index (χ1n) is 12.8. The number of nitrogens with zero attached hydrogens (tertiary/aromatic N) is 4. The van der Waals surface area contributed by atoms with E-state index in [1.165, 1.54) is 16.3 Å². The molecule has 1 aliphatic rings. The third-order valence-electron chi connectivity index (χ3n) is 7.34. The summed E-state index contributed by atoms with van der Waals surface area (Å²) in [6, 6.07) is 20.3. The zero-order valence-electron chi connectivity index (χ0n) is 21.0. The van der Waals surface area contributed by atoms with Crippen molar-refractivity contribution in [3.05, 3.63) is 94.8 Å².